The number of thioether (sulfide) groups is 1. The summed E-state index contributed by atoms with van der Waals surface area (Å²) in [5, 5.41) is 23.0. The minimum atomic E-state index is 0.0186. The van der Waals surface area contributed by atoms with Gasteiger partial charge in [0.25, 0.3) is 0 Å². The Morgan fingerprint density at radius 2 is 1.93 bits per heavy atom. The zero-order valence-electron chi connectivity index (χ0n) is 8.38. The SMILES string of the molecule is CC(C)(C)C1=CSC(=C(C#N)C#N)N1. The molecule has 0 saturated heterocycles. The summed E-state index contributed by atoms with van der Waals surface area (Å²) in [5.74, 6) is 0. The molecule has 0 atom stereocenters. The molecule has 0 spiro atoms. The van der Waals surface area contributed by atoms with Crippen LogP contribution in [0.15, 0.2) is 21.7 Å². The number of nitriles is 2. The zero-order valence-corrected chi connectivity index (χ0v) is 9.20. The topological polar surface area (TPSA) is 59.6 Å². The standard InChI is InChI=1S/C10H11N3S/c1-10(2,3)8-6-14-9(13-8)7(4-11)5-12/h6,13H,1-3H3. The summed E-state index contributed by atoms with van der Waals surface area (Å²) in [5.41, 5.74) is 1.20. The van der Waals surface area contributed by atoms with Crippen LogP contribution in [0.4, 0.5) is 0 Å². The number of nitrogens with one attached hydrogen (secondary N) is 1. The fourth-order valence-electron chi connectivity index (χ4n) is 0.911. The first-order valence-electron chi connectivity index (χ1n) is 4.18. The maximum Gasteiger partial charge on any atom is 0.159 e. The van der Waals surface area contributed by atoms with Gasteiger partial charge in [-0.1, -0.05) is 32.5 Å². The molecule has 0 saturated carbocycles. The number of rotatable bonds is 0. The molecule has 1 aliphatic heterocycles. The predicted octanol–water partition coefficient (Wildman–Crippen LogP) is 2.47. The lowest BCUT2D eigenvalue weighted by atomic mass is 9.93. The number of hydrogen-bond acceptors (Lipinski definition) is 4. The molecule has 1 N–H and O–H groups in total. The maximum atomic E-state index is 8.67. The lowest BCUT2D eigenvalue weighted by molar-refractivity contribution is 0.481. The monoisotopic (exact) mass is 205 g/mol. The van der Waals surface area contributed by atoms with Crippen molar-refractivity contribution >= 4 is 11.8 Å². The van der Waals surface area contributed by atoms with Crippen LogP contribution in [0.3, 0.4) is 0 Å². The summed E-state index contributed by atoms with van der Waals surface area (Å²) < 4.78 is 0. The van der Waals surface area contributed by atoms with Gasteiger partial charge in [-0.25, -0.2) is 0 Å². The van der Waals surface area contributed by atoms with Crippen molar-refractivity contribution in [1.82, 2.24) is 5.32 Å². The van der Waals surface area contributed by atoms with Gasteiger partial charge in [-0.3, -0.25) is 0 Å². The first-order chi connectivity index (χ1) is 6.49. The molecule has 4 heteroatoms. The number of hydrogen-bond donors (Lipinski definition) is 1. The average molecular weight is 205 g/mol. The summed E-state index contributed by atoms with van der Waals surface area (Å²) in [4.78, 5) is 0. The molecule has 0 unspecified atom stereocenters. The highest BCUT2D eigenvalue weighted by Gasteiger charge is 2.23. The van der Waals surface area contributed by atoms with Crippen molar-refractivity contribution in [2.75, 3.05) is 0 Å². The molecule has 1 rings (SSSR count). The van der Waals surface area contributed by atoms with Crippen LogP contribution in [0.2, 0.25) is 0 Å². The van der Waals surface area contributed by atoms with Gasteiger partial charge >= 0.3 is 0 Å². The normalized spacial score (nSPS) is 15.2. The van der Waals surface area contributed by atoms with Gasteiger partial charge in [0, 0.05) is 11.1 Å². The van der Waals surface area contributed by atoms with E-state index in [9.17, 15) is 0 Å². The summed E-state index contributed by atoms with van der Waals surface area (Å²) in [7, 11) is 0. The van der Waals surface area contributed by atoms with Gasteiger partial charge in [0.15, 0.2) is 5.57 Å². The van der Waals surface area contributed by atoms with E-state index in [4.69, 9.17) is 10.5 Å². The van der Waals surface area contributed by atoms with E-state index in [2.05, 4.69) is 26.1 Å². The van der Waals surface area contributed by atoms with Crippen LogP contribution < -0.4 is 5.32 Å². The quantitative estimate of drug-likeness (QED) is 0.617. The maximum absolute atomic E-state index is 8.67. The average Bonchev–Trinajstić information content (AvgIpc) is 2.54. The molecule has 0 aromatic carbocycles. The van der Waals surface area contributed by atoms with Crippen LogP contribution in [0.25, 0.3) is 0 Å². The molecule has 0 aliphatic carbocycles. The highest BCUT2D eigenvalue weighted by Crippen LogP contribution is 2.35. The van der Waals surface area contributed by atoms with Crippen LogP contribution in [-0.2, 0) is 0 Å². The molecule has 0 aromatic rings. The molecular formula is C10H11N3S. The van der Waals surface area contributed by atoms with Gasteiger partial charge in [-0.05, 0) is 5.41 Å². The van der Waals surface area contributed by atoms with Crippen LogP contribution in [0, 0.1) is 28.1 Å². The Kier molecular flexibility index (Phi) is 2.88. The molecule has 0 aromatic heterocycles. The third-order valence-electron chi connectivity index (χ3n) is 1.80. The second-order valence-corrected chi connectivity index (χ2v) is 4.83. The smallest absolute Gasteiger partial charge is 0.159 e. The van der Waals surface area contributed by atoms with Crippen LogP contribution in [-0.4, -0.2) is 0 Å². The lowest BCUT2D eigenvalue weighted by Gasteiger charge is -2.20. The van der Waals surface area contributed by atoms with Gasteiger partial charge in [0.2, 0.25) is 0 Å². The molecule has 0 fully saturated rings. The lowest BCUT2D eigenvalue weighted by Crippen LogP contribution is -2.19. The van der Waals surface area contributed by atoms with E-state index in [0.717, 1.165) is 5.70 Å². The van der Waals surface area contributed by atoms with Crippen molar-refractivity contribution in [3.63, 3.8) is 0 Å². The minimum Gasteiger partial charge on any atom is -0.351 e. The van der Waals surface area contributed by atoms with E-state index in [-0.39, 0.29) is 11.0 Å². The molecule has 0 bridgehead atoms. The Morgan fingerprint density at radius 3 is 2.29 bits per heavy atom. The van der Waals surface area contributed by atoms with Gasteiger partial charge in [0.05, 0.1) is 0 Å². The van der Waals surface area contributed by atoms with Gasteiger partial charge in [-0.15, -0.1) is 0 Å². The molecule has 3 nitrogen and oxygen atoms in total. The van der Waals surface area contributed by atoms with Crippen molar-refractivity contribution in [3.8, 4) is 12.1 Å². The third kappa shape index (κ3) is 2.10. The van der Waals surface area contributed by atoms with E-state index >= 15 is 0 Å². The first kappa shape index (κ1) is 10.7. The van der Waals surface area contributed by atoms with E-state index in [1.165, 1.54) is 11.8 Å². The molecule has 72 valence electrons. The van der Waals surface area contributed by atoms with E-state index in [0.29, 0.717) is 5.03 Å². The summed E-state index contributed by atoms with van der Waals surface area (Å²) in [6.45, 7) is 6.23. The summed E-state index contributed by atoms with van der Waals surface area (Å²) >= 11 is 1.40. The van der Waals surface area contributed by atoms with Crippen molar-refractivity contribution in [2.24, 2.45) is 5.41 Å². The summed E-state index contributed by atoms with van der Waals surface area (Å²) in [6.07, 6.45) is 0. The predicted molar refractivity (Wildman–Crippen MR) is 56.5 cm³/mol. The van der Waals surface area contributed by atoms with Crippen LogP contribution in [0.5, 0.6) is 0 Å². The first-order valence-corrected chi connectivity index (χ1v) is 5.06. The third-order valence-corrected chi connectivity index (χ3v) is 2.70. The highest BCUT2D eigenvalue weighted by atomic mass is 32.2. The van der Waals surface area contributed by atoms with Crippen molar-refractivity contribution in [2.45, 2.75) is 20.8 Å². The molecule has 0 amide bonds. The molecule has 0 radical (unpaired) electrons. The Morgan fingerprint density at radius 1 is 1.36 bits per heavy atom. The van der Waals surface area contributed by atoms with E-state index in [1.54, 1.807) is 0 Å². The van der Waals surface area contributed by atoms with E-state index in [1.807, 2.05) is 17.5 Å². The molecule has 1 aliphatic rings. The second kappa shape index (κ2) is 3.77. The van der Waals surface area contributed by atoms with Crippen molar-refractivity contribution in [3.05, 3.63) is 21.7 Å². The van der Waals surface area contributed by atoms with Crippen LogP contribution in [0.1, 0.15) is 20.8 Å². The number of allylic oxidation sites excluding steroid dienone is 2. The van der Waals surface area contributed by atoms with E-state index < -0.39 is 0 Å². The Hall–Kier alpha value is -1.39. The Labute approximate surface area is 88.1 Å². The number of nitrogens with zero attached hydrogens (tertiary/aromatic N) is 2. The van der Waals surface area contributed by atoms with Gasteiger partial charge in [-0.2, -0.15) is 10.5 Å². The fraction of sp³-hybridized carbons (Fsp3) is 0.400. The molecular weight excluding hydrogens is 194 g/mol. The largest absolute Gasteiger partial charge is 0.351 e. The molecule has 1 heterocycles. The van der Waals surface area contributed by atoms with Crippen molar-refractivity contribution in [1.29, 1.82) is 10.5 Å². The minimum absolute atomic E-state index is 0.0186. The van der Waals surface area contributed by atoms with Crippen LogP contribution >= 0.6 is 11.8 Å². The van der Waals surface area contributed by atoms with Gasteiger partial charge in [0.1, 0.15) is 17.2 Å². The Bertz CT molecular complexity index is 369. The zero-order chi connectivity index (χ0) is 10.8. The van der Waals surface area contributed by atoms with Gasteiger partial charge < -0.3 is 5.32 Å². The van der Waals surface area contributed by atoms with Crippen molar-refractivity contribution < 1.29 is 0 Å². The second-order valence-electron chi connectivity index (χ2n) is 3.95. The highest BCUT2D eigenvalue weighted by molar-refractivity contribution is 8.06. The molecule has 14 heavy (non-hydrogen) atoms. The Balaban J connectivity index is 2.89. The summed E-state index contributed by atoms with van der Waals surface area (Å²) in [6, 6.07) is 3.74. The fourth-order valence-corrected chi connectivity index (χ4v) is 1.94.